The van der Waals surface area contributed by atoms with Crippen LogP contribution >= 0.6 is 0 Å². The zero-order valence-corrected chi connectivity index (χ0v) is 21.8. The Hall–Kier alpha value is -4.30. The van der Waals surface area contributed by atoms with Crippen LogP contribution in [0, 0.1) is 0 Å². The summed E-state index contributed by atoms with van der Waals surface area (Å²) in [4.78, 5) is 38.4. The lowest BCUT2D eigenvalue weighted by Gasteiger charge is -2.19. The molecule has 4 aromatic rings. The van der Waals surface area contributed by atoms with Gasteiger partial charge in [0.2, 0.25) is 5.78 Å². The average molecular weight is 574 g/mol. The number of benzene rings is 3. The van der Waals surface area contributed by atoms with Crippen LogP contribution in [0.5, 0.6) is 11.5 Å². The van der Waals surface area contributed by atoms with Crippen molar-refractivity contribution >= 4 is 17.5 Å². The molecule has 1 heterocycles. The first-order chi connectivity index (χ1) is 17.9. The maximum atomic E-state index is 12.9. The van der Waals surface area contributed by atoms with Crippen LogP contribution in [0.2, 0.25) is 0 Å². The number of esters is 1. The van der Waals surface area contributed by atoms with E-state index in [0.717, 1.165) is 18.2 Å². The molecule has 0 spiro atoms. The summed E-state index contributed by atoms with van der Waals surface area (Å²) in [7, 11) is 0. The Kier molecular flexibility index (Phi) is 8.02. The molecule has 0 bridgehead atoms. The van der Waals surface area contributed by atoms with Gasteiger partial charge in [0.1, 0.15) is 11.5 Å². The number of phenols is 2. The van der Waals surface area contributed by atoms with E-state index in [1.807, 2.05) is 42.7 Å². The van der Waals surface area contributed by atoms with Crippen LogP contribution in [0.3, 0.4) is 0 Å². The number of ketones is 2. The van der Waals surface area contributed by atoms with Gasteiger partial charge in [-0.1, -0.05) is 42.5 Å². The number of fused-ring (bicyclic) bond motifs is 2. The quantitative estimate of drug-likeness (QED) is 0.171. The monoisotopic (exact) mass is 573 g/mol. The van der Waals surface area contributed by atoms with Gasteiger partial charge in [0, 0.05) is 28.8 Å². The Bertz CT molecular complexity index is 1520. The predicted octanol–water partition coefficient (Wildman–Crippen LogP) is 1.00. The molecule has 0 amide bonds. The van der Waals surface area contributed by atoms with E-state index < -0.39 is 23.3 Å². The van der Waals surface area contributed by atoms with Gasteiger partial charge in [0.25, 0.3) is 0 Å². The molecule has 0 radical (unpaired) electrons. The highest BCUT2D eigenvalue weighted by atomic mass is 79.9. The van der Waals surface area contributed by atoms with Crippen LogP contribution in [0.25, 0.3) is 0 Å². The number of rotatable bonds is 7. The van der Waals surface area contributed by atoms with Gasteiger partial charge in [-0.05, 0) is 36.6 Å². The van der Waals surface area contributed by atoms with Crippen LogP contribution in [-0.4, -0.2) is 34.4 Å². The lowest BCUT2D eigenvalue weighted by Crippen LogP contribution is -3.00. The Balaban J connectivity index is 0.00000336. The molecule has 2 N–H and O–H groups in total. The van der Waals surface area contributed by atoms with E-state index in [1.54, 1.807) is 0 Å². The van der Waals surface area contributed by atoms with Crippen molar-refractivity contribution in [3.05, 3.63) is 124 Å². The minimum absolute atomic E-state index is 0. The van der Waals surface area contributed by atoms with E-state index in [2.05, 4.69) is 16.7 Å². The highest BCUT2D eigenvalue weighted by molar-refractivity contribution is 6.30. The summed E-state index contributed by atoms with van der Waals surface area (Å²) in [6, 6.07) is 20.8. The van der Waals surface area contributed by atoms with Gasteiger partial charge in [-0.2, -0.15) is 0 Å². The minimum Gasteiger partial charge on any atom is -1.00 e. The Morgan fingerprint density at radius 1 is 0.763 bits per heavy atom. The van der Waals surface area contributed by atoms with E-state index in [9.17, 15) is 24.6 Å². The molecule has 5 rings (SSSR count). The molecule has 38 heavy (non-hydrogen) atoms. The topological polar surface area (TPSA) is 105 Å². The molecule has 7 nitrogen and oxygen atoms in total. The lowest BCUT2D eigenvalue weighted by atomic mass is 9.82. The van der Waals surface area contributed by atoms with Crippen molar-refractivity contribution in [2.75, 3.05) is 6.61 Å². The van der Waals surface area contributed by atoms with E-state index in [4.69, 9.17) is 4.74 Å². The first-order valence-corrected chi connectivity index (χ1v) is 11.9. The second kappa shape index (κ2) is 11.4. The normalized spacial score (nSPS) is 11.8. The van der Waals surface area contributed by atoms with Crippen LogP contribution < -0.4 is 21.5 Å². The van der Waals surface area contributed by atoms with Crippen molar-refractivity contribution in [1.82, 2.24) is 0 Å². The van der Waals surface area contributed by atoms with Crippen LogP contribution in [-0.2, 0) is 17.7 Å². The third-order valence-corrected chi connectivity index (χ3v) is 6.35. The smallest absolute Gasteiger partial charge is 0.338 e. The van der Waals surface area contributed by atoms with Gasteiger partial charge >= 0.3 is 5.97 Å². The second-order valence-electron chi connectivity index (χ2n) is 8.88. The fourth-order valence-corrected chi connectivity index (χ4v) is 4.48. The summed E-state index contributed by atoms with van der Waals surface area (Å²) in [5, 5.41) is 20.5. The summed E-state index contributed by atoms with van der Waals surface area (Å²) in [5.74, 6) is -2.78. The van der Waals surface area contributed by atoms with E-state index in [0.29, 0.717) is 12.8 Å². The molecule has 3 aromatic carbocycles. The molecule has 1 aromatic heterocycles. The molecular weight excluding hydrogens is 550 g/mol. The van der Waals surface area contributed by atoms with Gasteiger partial charge in [0.05, 0.1) is 23.3 Å². The molecule has 1 aliphatic carbocycles. The Morgan fingerprint density at radius 3 is 2.21 bits per heavy atom. The zero-order chi connectivity index (χ0) is 25.9. The fourth-order valence-electron chi connectivity index (χ4n) is 4.48. The molecule has 1 aliphatic rings. The third kappa shape index (κ3) is 5.35. The summed E-state index contributed by atoms with van der Waals surface area (Å²) >= 11 is 0. The number of nitrogens with zero attached hydrogens (tertiary/aromatic N) is 1. The number of hydrogen-bond acceptors (Lipinski definition) is 6. The van der Waals surface area contributed by atoms with Gasteiger partial charge in [-0.3, -0.25) is 9.59 Å². The molecule has 192 valence electrons. The molecule has 0 aliphatic heterocycles. The number of ether oxygens (including phenoxy) is 1. The Labute approximate surface area is 229 Å². The number of aromatic nitrogens is 1. The molecule has 0 fully saturated rings. The largest absolute Gasteiger partial charge is 1.00 e. The van der Waals surface area contributed by atoms with Gasteiger partial charge in [-0.15, -0.1) is 0 Å². The fraction of sp³-hybridized carbons (Fsp3) is 0.133. The molecule has 0 saturated heterocycles. The number of carbonyl (C=O) groups excluding carboxylic acids is 3. The van der Waals surface area contributed by atoms with Crippen LogP contribution in [0.15, 0.2) is 85.2 Å². The number of pyridine rings is 1. The zero-order valence-electron chi connectivity index (χ0n) is 20.3. The van der Waals surface area contributed by atoms with E-state index in [1.165, 1.54) is 29.8 Å². The van der Waals surface area contributed by atoms with E-state index in [-0.39, 0.29) is 57.2 Å². The van der Waals surface area contributed by atoms with Gasteiger partial charge in [-0.25, -0.2) is 9.36 Å². The number of carbonyl (C=O) groups is 3. The molecule has 8 heteroatoms. The summed E-state index contributed by atoms with van der Waals surface area (Å²) < 4.78 is 7.45. The summed E-state index contributed by atoms with van der Waals surface area (Å²) in [6.45, 7) is 0.937. The Morgan fingerprint density at radius 2 is 1.47 bits per heavy atom. The van der Waals surface area contributed by atoms with E-state index >= 15 is 0 Å². The van der Waals surface area contributed by atoms with Crippen molar-refractivity contribution in [3.63, 3.8) is 0 Å². The SMILES string of the molecule is O=C(OCCCc1cc[n+](Cc2ccccc2)cc1)c1cc(O)c2c(c1)C(=O)c1cccc(O)c1C2=O.[Br-]. The molecule has 0 saturated carbocycles. The summed E-state index contributed by atoms with van der Waals surface area (Å²) in [6.07, 6.45) is 5.33. The van der Waals surface area contributed by atoms with Crippen molar-refractivity contribution in [2.24, 2.45) is 0 Å². The average Bonchev–Trinajstić information content (AvgIpc) is 2.90. The number of halogens is 1. The standard InChI is InChI=1S/C30H23NO6.BrH/c32-24-10-4-9-22-26(24)29(35)27-23(28(22)34)16-21(17-25(27)33)30(36)37-15-5-8-19-11-13-31(14-12-19)18-20-6-2-1-3-7-20;/h1-4,6-7,9-14,16-17H,5,8,15,18H2,(H-,32,33,35);1H. The number of phenolic OH excluding ortho intramolecular Hbond substituents is 2. The summed E-state index contributed by atoms with van der Waals surface area (Å²) in [5.41, 5.74) is 1.84. The number of hydrogen-bond donors (Lipinski definition) is 2. The van der Waals surface area contributed by atoms with Crippen LogP contribution in [0.4, 0.5) is 0 Å². The minimum atomic E-state index is -0.700. The number of aryl methyl sites for hydroxylation is 1. The third-order valence-electron chi connectivity index (χ3n) is 6.35. The number of aromatic hydroxyl groups is 2. The second-order valence-corrected chi connectivity index (χ2v) is 8.88. The van der Waals surface area contributed by atoms with Gasteiger partial charge < -0.3 is 31.9 Å². The van der Waals surface area contributed by atoms with Crippen molar-refractivity contribution in [2.45, 2.75) is 19.4 Å². The van der Waals surface area contributed by atoms with Crippen molar-refractivity contribution < 1.29 is 50.9 Å². The first-order valence-electron chi connectivity index (χ1n) is 11.9. The molecule has 0 atom stereocenters. The van der Waals surface area contributed by atoms with Gasteiger partial charge in [0.15, 0.2) is 24.7 Å². The van der Waals surface area contributed by atoms with Crippen molar-refractivity contribution in [1.29, 1.82) is 0 Å². The maximum Gasteiger partial charge on any atom is 0.338 e. The molecular formula is C30H24BrNO6. The van der Waals surface area contributed by atoms with Crippen LogP contribution in [0.1, 0.15) is 59.7 Å². The highest BCUT2D eigenvalue weighted by Gasteiger charge is 2.35. The highest BCUT2D eigenvalue weighted by Crippen LogP contribution is 2.37. The first kappa shape index (κ1) is 26.8. The lowest BCUT2D eigenvalue weighted by molar-refractivity contribution is -0.688. The molecule has 0 unspecified atom stereocenters. The maximum absolute atomic E-state index is 12.9. The van der Waals surface area contributed by atoms with Crippen molar-refractivity contribution in [3.8, 4) is 11.5 Å². The predicted molar refractivity (Wildman–Crippen MR) is 134 cm³/mol.